The summed E-state index contributed by atoms with van der Waals surface area (Å²) in [5.41, 5.74) is 2.57. The first-order valence-corrected chi connectivity index (χ1v) is 11.2. The third-order valence-electron chi connectivity index (χ3n) is 5.53. The monoisotopic (exact) mass is 480 g/mol. The molecule has 176 valence electrons. The molecule has 34 heavy (non-hydrogen) atoms. The van der Waals surface area contributed by atoms with Gasteiger partial charge in [-0.2, -0.15) is 0 Å². The molecule has 1 N–H and O–H groups in total. The number of methoxy groups -OCH3 is 2. The van der Waals surface area contributed by atoms with Gasteiger partial charge in [0.2, 0.25) is 5.91 Å². The molecule has 0 aliphatic carbocycles. The molecule has 0 bridgehead atoms. The second-order valence-corrected chi connectivity index (χ2v) is 8.21. The molecule has 0 atom stereocenters. The molecule has 3 aromatic rings. The van der Waals surface area contributed by atoms with Crippen LogP contribution in [0.5, 0.6) is 17.2 Å². The van der Waals surface area contributed by atoms with Gasteiger partial charge < -0.3 is 24.4 Å². The minimum absolute atomic E-state index is 0.0423. The lowest BCUT2D eigenvalue weighted by Gasteiger charge is -2.20. The van der Waals surface area contributed by atoms with Crippen molar-refractivity contribution in [2.75, 3.05) is 31.0 Å². The predicted octanol–water partition coefficient (Wildman–Crippen LogP) is 5.32. The summed E-state index contributed by atoms with van der Waals surface area (Å²) in [5.74, 6) is 1.28. The van der Waals surface area contributed by atoms with Crippen LogP contribution in [-0.4, -0.2) is 32.6 Å². The number of benzene rings is 3. The SMILES string of the molecule is COc1cc(C(=O)Nc2ccc(OC)c(N3CCCC3=O)c2)ccc1OCc1ccc(Cl)cc1. The van der Waals surface area contributed by atoms with Gasteiger partial charge in [-0.1, -0.05) is 23.7 Å². The van der Waals surface area contributed by atoms with E-state index in [0.717, 1.165) is 12.0 Å². The van der Waals surface area contributed by atoms with Crippen LogP contribution < -0.4 is 24.4 Å². The highest BCUT2D eigenvalue weighted by Crippen LogP contribution is 2.34. The van der Waals surface area contributed by atoms with E-state index in [1.54, 1.807) is 60.5 Å². The number of halogens is 1. The van der Waals surface area contributed by atoms with Crippen LogP contribution >= 0.6 is 11.6 Å². The lowest BCUT2D eigenvalue weighted by molar-refractivity contribution is -0.117. The quantitative estimate of drug-likeness (QED) is 0.472. The number of nitrogens with zero attached hydrogens (tertiary/aromatic N) is 1. The van der Waals surface area contributed by atoms with Gasteiger partial charge in [-0.25, -0.2) is 0 Å². The van der Waals surface area contributed by atoms with Gasteiger partial charge in [0.05, 0.1) is 19.9 Å². The first-order chi connectivity index (χ1) is 16.5. The van der Waals surface area contributed by atoms with Crippen molar-refractivity contribution in [3.8, 4) is 17.2 Å². The van der Waals surface area contributed by atoms with Gasteiger partial charge in [-0.05, 0) is 60.5 Å². The lowest BCUT2D eigenvalue weighted by atomic mass is 10.1. The zero-order valence-electron chi connectivity index (χ0n) is 19.0. The second kappa shape index (κ2) is 10.5. The number of amides is 2. The Bertz CT molecular complexity index is 1200. The Hall–Kier alpha value is -3.71. The summed E-state index contributed by atoms with van der Waals surface area (Å²) in [7, 11) is 3.08. The van der Waals surface area contributed by atoms with E-state index in [9.17, 15) is 9.59 Å². The minimum Gasteiger partial charge on any atom is -0.495 e. The number of hydrogen-bond acceptors (Lipinski definition) is 5. The Kier molecular flexibility index (Phi) is 7.23. The molecule has 0 aromatic heterocycles. The zero-order chi connectivity index (χ0) is 24.1. The number of ether oxygens (including phenoxy) is 3. The fraction of sp³-hybridized carbons (Fsp3) is 0.231. The fourth-order valence-corrected chi connectivity index (χ4v) is 3.88. The number of hydrogen-bond donors (Lipinski definition) is 1. The lowest BCUT2D eigenvalue weighted by Crippen LogP contribution is -2.24. The molecule has 0 spiro atoms. The average molecular weight is 481 g/mol. The van der Waals surface area contributed by atoms with E-state index in [1.807, 2.05) is 12.1 Å². The number of carbonyl (C=O) groups excluding carboxylic acids is 2. The molecule has 3 aromatic carbocycles. The van der Waals surface area contributed by atoms with Crippen molar-refractivity contribution in [2.45, 2.75) is 19.4 Å². The first-order valence-electron chi connectivity index (χ1n) is 10.8. The Labute approximate surface area is 203 Å². The van der Waals surface area contributed by atoms with Gasteiger partial charge in [0.25, 0.3) is 5.91 Å². The highest BCUT2D eigenvalue weighted by Gasteiger charge is 2.25. The van der Waals surface area contributed by atoms with Crippen molar-refractivity contribution >= 4 is 34.8 Å². The molecule has 2 amide bonds. The van der Waals surface area contributed by atoms with Gasteiger partial charge in [0.1, 0.15) is 12.4 Å². The van der Waals surface area contributed by atoms with Gasteiger partial charge in [0.15, 0.2) is 11.5 Å². The Morgan fingerprint density at radius 2 is 1.71 bits per heavy atom. The van der Waals surface area contributed by atoms with Crippen molar-refractivity contribution < 1.29 is 23.8 Å². The van der Waals surface area contributed by atoms with E-state index < -0.39 is 0 Å². The van der Waals surface area contributed by atoms with Crippen LogP contribution in [0.15, 0.2) is 60.7 Å². The maximum absolute atomic E-state index is 12.9. The van der Waals surface area contributed by atoms with E-state index in [4.69, 9.17) is 25.8 Å². The van der Waals surface area contributed by atoms with Crippen LogP contribution in [0.1, 0.15) is 28.8 Å². The summed E-state index contributed by atoms with van der Waals surface area (Å²) < 4.78 is 16.7. The highest BCUT2D eigenvalue weighted by atomic mass is 35.5. The third-order valence-corrected chi connectivity index (χ3v) is 5.79. The van der Waals surface area contributed by atoms with Gasteiger partial charge in [-0.3, -0.25) is 9.59 Å². The van der Waals surface area contributed by atoms with Gasteiger partial charge in [0, 0.05) is 29.2 Å². The largest absolute Gasteiger partial charge is 0.495 e. The van der Waals surface area contributed by atoms with E-state index in [2.05, 4.69) is 5.32 Å². The summed E-state index contributed by atoms with van der Waals surface area (Å²) in [6, 6.07) is 17.6. The molecular weight excluding hydrogens is 456 g/mol. The zero-order valence-corrected chi connectivity index (χ0v) is 19.7. The van der Waals surface area contributed by atoms with Crippen LogP contribution in [0, 0.1) is 0 Å². The topological polar surface area (TPSA) is 77.1 Å². The molecule has 1 fully saturated rings. The van der Waals surface area contributed by atoms with E-state index >= 15 is 0 Å². The number of nitrogens with one attached hydrogen (secondary N) is 1. The summed E-state index contributed by atoms with van der Waals surface area (Å²) in [6.07, 6.45) is 1.30. The molecule has 4 rings (SSSR count). The van der Waals surface area contributed by atoms with Crippen molar-refractivity contribution in [2.24, 2.45) is 0 Å². The molecule has 0 unspecified atom stereocenters. The molecule has 1 aliphatic heterocycles. The summed E-state index contributed by atoms with van der Waals surface area (Å²) in [5, 5.41) is 3.54. The maximum Gasteiger partial charge on any atom is 0.255 e. The molecule has 1 heterocycles. The highest BCUT2D eigenvalue weighted by molar-refractivity contribution is 6.30. The van der Waals surface area contributed by atoms with E-state index in [-0.39, 0.29) is 11.8 Å². The summed E-state index contributed by atoms with van der Waals surface area (Å²) in [4.78, 5) is 26.8. The summed E-state index contributed by atoms with van der Waals surface area (Å²) >= 11 is 5.92. The first kappa shape index (κ1) is 23.4. The number of rotatable bonds is 8. The summed E-state index contributed by atoms with van der Waals surface area (Å²) in [6.45, 7) is 0.962. The number of anilines is 2. The van der Waals surface area contributed by atoms with Crippen LogP contribution in [0.4, 0.5) is 11.4 Å². The van der Waals surface area contributed by atoms with Crippen molar-refractivity contribution in [1.82, 2.24) is 0 Å². The molecule has 8 heteroatoms. The minimum atomic E-state index is -0.314. The Balaban J connectivity index is 1.48. The van der Waals surface area contributed by atoms with Crippen molar-refractivity contribution in [3.05, 3.63) is 76.8 Å². The molecule has 1 aliphatic rings. The Morgan fingerprint density at radius 3 is 2.38 bits per heavy atom. The van der Waals surface area contributed by atoms with Gasteiger partial charge in [-0.15, -0.1) is 0 Å². The molecule has 1 saturated heterocycles. The normalized spacial score (nSPS) is 13.0. The fourth-order valence-electron chi connectivity index (χ4n) is 3.75. The average Bonchev–Trinajstić information content (AvgIpc) is 3.29. The molecule has 7 nitrogen and oxygen atoms in total. The van der Waals surface area contributed by atoms with Crippen LogP contribution in [0.25, 0.3) is 0 Å². The van der Waals surface area contributed by atoms with Gasteiger partial charge >= 0.3 is 0 Å². The molecular formula is C26H25ClN2O5. The maximum atomic E-state index is 12.9. The van der Waals surface area contributed by atoms with Crippen LogP contribution in [0.3, 0.4) is 0 Å². The van der Waals surface area contributed by atoms with E-state index in [0.29, 0.717) is 58.8 Å². The predicted molar refractivity (Wildman–Crippen MR) is 131 cm³/mol. The van der Waals surface area contributed by atoms with Crippen LogP contribution in [-0.2, 0) is 11.4 Å². The Morgan fingerprint density at radius 1 is 0.971 bits per heavy atom. The second-order valence-electron chi connectivity index (χ2n) is 7.77. The van der Waals surface area contributed by atoms with Crippen molar-refractivity contribution in [1.29, 1.82) is 0 Å². The molecule has 0 saturated carbocycles. The third kappa shape index (κ3) is 5.26. The smallest absolute Gasteiger partial charge is 0.255 e. The van der Waals surface area contributed by atoms with Crippen LogP contribution in [0.2, 0.25) is 5.02 Å². The standard InChI is InChI=1S/C26H25ClN2O5/c1-32-22-12-10-20(15-21(22)29-13-3-4-25(29)30)28-26(31)18-7-11-23(24(14-18)33-2)34-16-17-5-8-19(27)9-6-17/h5-12,14-15H,3-4,13,16H2,1-2H3,(H,28,31). The molecule has 0 radical (unpaired) electrons. The van der Waals surface area contributed by atoms with E-state index in [1.165, 1.54) is 7.11 Å². The number of carbonyl (C=O) groups is 2. The van der Waals surface area contributed by atoms with Crippen molar-refractivity contribution in [3.63, 3.8) is 0 Å².